The van der Waals surface area contributed by atoms with Crippen LogP contribution in [0.4, 0.5) is 0 Å². The Bertz CT molecular complexity index is 600. The van der Waals surface area contributed by atoms with E-state index in [0.29, 0.717) is 0 Å². The Hall–Kier alpha value is -2.03. The summed E-state index contributed by atoms with van der Waals surface area (Å²) in [6.45, 7) is 5.60. The maximum Gasteiger partial charge on any atom is 0.226 e. The molecule has 2 heterocycles. The maximum atomic E-state index is 12.5. The first-order valence-electron chi connectivity index (χ1n) is 7.19. The van der Waals surface area contributed by atoms with Crippen LogP contribution >= 0.6 is 0 Å². The molecule has 0 spiro atoms. The number of aromatic nitrogens is 1. The third kappa shape index (κ3) is 2.13. The van der Waals surface area contributed by atoms with Gasteiger partial charge in [0.05, 0.1) is 6.04 Å². The van der Waals surface area contributed by atoms with E-state index in [0.717, 1.165) is 13.1 Å². The minimum atomic E-state index is 0.0303. The molecule has 2 aromatic rings. The van der Waals surface area contributed by atoms with Gasteiger partial charge in [-0.2, -0.15) is 0 Å². The van der Waals surface area contributed by atoms with Crippen molar-refractivity contribution in [1.82, 2.24) is 9.47 Å². The van der Waals surface area contributed by atoms with E-state index in [4.69, 9.17) is 0 Å². The number of rotatable bonds is 2. The van der Waals surface area contributed by atoms with Crippen LogP contribution in [-0.4, -0.2) is 21.9 Å². The molecule has 0 fully saturated rings. The van der Waals surface area contributed by atoms with Crippen molar-refractivity contribution in [2.75, 3.05) is 6.54 Å². The number of hydrogen-bond donors (Lipinski definition) is 0. The summed E-state index contributed by atoms with van der Waals surface area (Å²) in [7, 11) is 0. The number of carbonyl (C=O) groups excluding carboxylic acids is 1. The summed E-state index contributed by atoms with van der Waals surface area (Å²) in [5.41, 5.74) is 2.39. The van der Waals surface area contributed by atoms with Gasteiger partial charge in [0, 0.05) is 30.9 Å². The Balaban J connectivity index is 2.06. The van der Waals surface area contributed by atoms with E-state index in [1.54, 1.807) is 0 Å². The summed E-state index contributed by atoms with van der Waals surface area (Å²) in [5, 5.41) is 0. The lowest BCUT2D eigenvalue weighted by Crippen LogP contribution is -2.44. The van der Waals surface area contributed by atoms with Crippen LogP contribution in [0.1, 0.15) is 31.1 Å². The number of fused-ring (bicyclic) bond motifs is 1. The SMILES string of the molecule is CC(C)C(=O)N1CCn2cccc2C1c1ccccc1. The van der Waals surface area contributed by atoms with Crippen LogP contribution in [0.2, 0.25) is 0 Å². The van der Waals surface area contributed by atoms with Gasteiger partial charge in [-0.15, -0.1) is 0 Å². The molecule has 104 valence electrons. The van der Waals surface area contributed by atoms with Gasteiger partial charge in [-0.3, -0.25) is 4.79 Å². The molecule has 0 aliphatic carbocycles. The molecule has 1 aromatic carbocycles. The van der Waals surface area contributed by atoms with E-state index in [-0.39, 0.29) is 17.9 Å². The third-order valence-corrected chi connectivity index (χ3v) is 3.93. The zero-order valence-corrected chi connectivity index (χ0v) is 12.0. The second-order valence-corrected chi connectivity index (χ2v) is 5.63. The minimum Gasteiger partial charge on any atom is -0.348 e. The highest BCUT2D eigenvalue weighted by Gasteiger charge is 2.32. The van der Waals surface area contributed by atoms with Crippen LogP contribution in [0.15, 0.2) is 48.7 Å². The first-order valence-corrected chi connectivity index (χ1v) is 7.19. The third-order valence-electron chi connectivity index (χ3n) is 3.93. The Labute approximate surface area is 119 Å². The Kier molecular flexibility index (Phi) is 3.35. The standard InChI is InChI=1S/C17H20N2O/c1-13(2)17(20)19-12-11-18-10-6-9-15(18)16(19)14-7-4-3-5-8-14/h3-10,13,16H,11-12H2,1-2H3. The first kappa shape index (κ1) is 13.0. The molecule has 1 aliphatic heterocycles. The number of amides is 1. The van der Waals surface area contributed by atoms with Crippen LogP contribution in [0.3, 0.4) is 0 Å². The highest BCUT2D eigenvalue weighted by atomic mass is 16.2. The molecule has 1 aromatic heterocycles. The molecular weight excluding hydrogens is 248 g/mol. The predicted molar refractivity (Wildman–Crippen MR) is 79.3 cm³/mol. The molecule has 1 amide bonds. The van der Waals surface area contributed by atoms with E-state index in [1.807, 2.05) is 36.9 Å². The smallest absolute Gasteiger partial charge is 0.226 e. The number of hydrogen-bond acceptors (Lipinski definition) is 1. The lowest BCUT2D eigenvalue weighted by Gasteiger charge is -2.38. The zero-order valence-electron chi connectivity index (χ0n) is 12.0. The predicted octanol–water partition coefficient (Wildman–Crippen LogP) is 3.08. The number of carbonyl (C=O) groups is 1. The molecule has 1 aliphatic rings. The van der Waals surface area contributed by atoms with Crippen LogP contribution in [0.25, 0.3) is 0 Å². The molecule has 20 heavy (non-hydrogen) atoms. The van der Waals surface area contributed by atoms with E-state index in [2.05, 4.69) is 35.0 Å². The maximum absolute atomic E-state index is 12.5. The van der Waals surface area contributed by atoms with Crippen LogP contribution < -0.4 is 0 Å². The van der Waals surface area contributed by atoms with Gasteiger partial charge < -0.3 is 9.47 Å². The van der Waals surface area contributed by atoms with Crippen LogP contribution in [0.5, 0.6) is 0 Å². The molecule has 0 saturated heterocycles. The molecule has 3 heteroatoms. The molecule has 3 nitrogen and oxygen atoms in total. The van der Waals surface area contributed by atoms with Crippen molar-refractivity contribution in [1.29, 1.82) is 0 Å². The van der Waals surface area contributed by atoms with Gasteiger partial charge in [-0.25, -0.2) is 0 Å². The molecule has 0 saturated carbocycles. The molecular formula is C17H20N2O. The molecule has 1 unspecified atom stereocenters. The van der Waals surface area contributed by atoms with E-state index in [1.165, 1.54) is 11.3 Å². The van der Waals surface area contributed by atoms with Gasteiger partial charge in [-0.05, 0) is 17.7 Å². The zero-order chi connectivity index (χ0) is 14.1. The van der Waals surface area contributed by atoms with Gasteiger partial charge in [0.2, 0.25) is 5.91 Å². The fourth-order valence-corrected chi connectivity index (χ4v) is 2.94. The topological polar surface area (TPSA) is 25.2 Å². The van der Waals surface area contributed by atoms with E-state index >= 15 is 0 Å². The average molecular weight is 268 g/mol. The highest BCUT2D eigenvalue weighted by molar-refractivity contribution is 5.79. The largest absolute Gasteiger partial charge is 0.348 e. The van der Waals surface area contributed by atoms with Gasteiger partial charge in [0.25, 0.3) is 0 Å². The number of benzene rings is 1. The minimum absolute atomic E-state index is 0.0303. The normalized spacial score (nSPS) is 18.1. The fraction of sp³-hybridized carbons (Fsp3) is 0.353. The summed E-state index contributed by atoms with van der Waals surface area (Å²) in [6.07, 6.45) is 2.10. The summed E-state index contributed by atoms with van der Waals surface area (Å²) in [5.74, 6) is 0.258. The van der Waals surface area contributed by atoms with E-state index in [9.17, 15) is 4.79 Å². The van der Waals surface area contributed by atoms with Crippen molar-refractivity contribution < 1.29 is 4.79 Å². The van der Waals surface area contributed by atoms with Crippen molar-refractivity contribution in [3.8, 4) is 0 Å². The first-order chi connectivity index (χ1) is 9.68. The van der Waals surface area contributed by atoms with Gasteiger partial charge in [-0.1, -0.05) is 44.2 Å². The Morgan fingerprint density at radius 2 is 1.85 bits per heavy atom. The lowest BCUT2D eigenvalue weighted by molar-refractivity contribution is -0.137. The van der Waals surface area contributed by atoms with Crippen molar-refractivity contribution in [2.45, 2.75) is 26.4 Å². The quantitative estimate of drug-likeness (QED) is 0.821. The second-order valence-electron chi connectivity index (χ2n) is 5.63. The molecule has 0 bridgehead atoms. The molecule has 0 radical (unpaired) electrons. The second kappa shape index (κ2) is 5.16. The van der Waals surface area contributed by atoms with Crippen molar-refractivity contribution in [2.24, 2.45) is 5.92 Å². The monoisotopic (exact) mass is 268 g/mol. The van der Waals surface area contributed by atoms with Crippen molar-refractivity contribution in [3.05, 3.63) is 59.9 Å². The Morgan fingerprint density at radius 3 is 2.55 bits per heavy atom. The molecule has 0 N–H and O–H groups in total. The van der Waals surface area contributed by atoms with E-state index < -0.39 is 0 Å². The van der Waals surface area contributed by atoms with Gasteiger partial charge in [0.1, 0.15) is 0 Å². The van der Waals surface area contributed by atoms with Crippen molar-refractivity contribution in [3.63, 3.8) is 0 Å². The lowest BCUT2D eigenvalue weighted by atomic mass is 9.98. The van der Waals surface area contributed by atoms with Gasteiger partial charge in [0.15, 0.2) is 0 Å². The highest BCUT2D eigenvalue weighted by Crippen LogP contribution is 2.33. The summed E-state index contributed by atoms with van der Waals surface area (Å²) in [6, 6.07) is 14.5. The van der Waals surface area contributed by atoms with Gasteiger partial charge >= 0.3 is 0 Å². The Morgan fingerprint density at radius 1 is 1.10 bits per heavy atom. The number of nitrogens with zero attached hydrogens (tertiary/aromatic N) is 2. The summed E-state index contributed by atoms with van der Waals surface area (Å²) < 4.78 is 2.25. The average Bonchev–Trinajstić information content (AvgIpc) is 2.94. The fourth-order valence-electron chi connectivity index (χ4n) is 2.94. The summed E-state index contributed by atoms with van der Waals surface area (Å²) in [4.78, 5) is 14.6. The summed E-state index contributed by atoms with van der Waals surface area (Å²) >= 11 is 0. The van der Waals surface area contributed by atoms with Crippen LogP contribution in [-0.2, 0) is 11.3 Å². The molecule has 1 atom stereocenters. The van der Waals surface area contributed by atoms with Crippen LogP contribution in [0, 0.1) is 5.92 Å². The molecule has 3 rings (SSSR count). The van der Waals surface area contributed by atoms with Crippen molar-refractivity contribution >= 4 is 5.91 Å².